The average molecular weight is 213 g/mol. The van der Waals surface area contributed by atoms with Crippen molar-refractivity contribution in [2.45, 2.75) is 32.1 Å². The first kappa shape index (κ1) is 10.9. The van der Waals surface area contributed by atoms with Crippen molar-refractivity contribution in [3.05, 3.63) is 48.2 Å². The minimum Gasteiger partial charge on any atom is -0.159 e. The van der Waals surface area contributed by atoms with E-state index in [-0.39, 0.29) is 0 Å². The first-order chi connectivity index (χ1) is 7.95. The predicted octanol–water partition coefficient (Wildman–Crippen LogP) is 3.28. The highest BCUT2D eigenvalue weighted by Gasteiger charge is 2.00. The molecule has 2 heteroatoms. The Balaban J connectivity index is 1.57. The third-order valence-corrected chi connectivity index (χ3v) is 2.76. The van der Waals surface area contributed by atoms with Gasteiger partial charge >= 0.3 is 0 Å². The van der Waals surface area contributed by atoms with Crippen LogP contribution in [-0.4, -0.2) is 5.71 Å². The van der Waals surface area contributed by atoms with Gasteiger partial charge < -0.3 is 0 Å². The van der Waals surface area contributed by atoms with Crippen LogP contribution in [-0.2, 0) is 6.42 Å². The summed E-state index contributed by atoms with van der Waals surface area (Å²) in [6.07, 6.45) is 9.75. The number of hydrogen-bond donors (Lipinski definition) is 0. The Labute approximate surface area is 97.1 Å². The Kier molecular flexibility index (Phi) is 4.17. The van der Waals surface area contributed by atoms with Crippen LogP contribution in [0.5, 0.6) is 0 Å². The third-order valence-electron chi connectivity index (χ3n) is 2.76. The largest absolute Gasteiger partial charge is 0.159 e. The number of aryl methyl sites for hydroxylation is 1. The molecule has 0 amide bonds. The third kappa shape index (κ3) is 3.54. The molecule has 1 radical (unpaired) electrons. The number of hydrogen-bond acceptors (Lipinski definition) is 1. The Hall–Kier alpha value is -1.57. The van der Waals surface area contributed by atoms with E-state index >= 15 is 0 Å². The van der Waals surface area contributed by atoms with Gasteiger partial charge in [0.1, 0.15) is 0 Å². The van der Waals surface area contributed by atoms with Gasteiger partial charge in [-0.3, -0.25) is 0 Å². The summed E-state index contributed by atoms with van der Waals surface area (Å²) in [7, 11) is 0. The molecule has 0 aliphatic carbocycles. The van der Waals surface area contributed by atoms with Crippen molar-refractivity contribution < 1.29 is 0 Å². The molecule has 0 spiro atoms. The van der Waals surface area contributed by atoms with E-state index in [0.717, 1.165) is 12.1 Å². The van der Waals surface area contributed by atoms with Gasteiger partial charge in [0.25, 0.3) is 0 Å². The molecule has 0 aromatic heterocycles. The molecule has 1 heterocycles. The van der Waals surface area contributed by atoms with Crippen molar-refractivity contribution in [2.75, 3.05) is 0 Å². The lowest BCUT2D eigenvalue weighted by atomic mass is 10.1. The lowest BCUT2D eigenvalue weighted by molar-refractivity contribution is 0.696. The number of allylic oxidation sites excluding steroid dienone is 1. The van der Waals surface area contributed by atoms with Crippen LogP contribution in [0.2, 0.25) is 0 Å². The van der Waals surface area contributed by atoms with Crippen LogP contribution in [0, 0.1) is 0 Å². The van der Waals surface area contributed by atoms with Crippen molar-refractivity contribution in [2.24, 2.45) is 5.10 Å². The molecular formula is C14H17N2. The molecule has 2 rings (SSSR count). The van der Waals surface area contributed by atoms with Gasteiger partial charge in [0.2, 0.25) is 0 Å². The molecule has 0 saturated heterocycles. The van der Waals surface area contributed by atoms with E-state index in [1.807, 2.05) is 6.08 Å². The van der Waals surface area contributed by atoms with Crippen molar-refractivity contribution in [3.63, 3.8) is 0 Å². The SMILES string of the molecule is C1=CC(CCCCCc2ccccc2)=N[N]1. The van der Waals surface area contributed by atoms with E-state index in [0.29, 0.717) is 0 Å². The number of rotatable bonds is 6. The molecule has 1 aliphatic heterocycles. The summed E-state index contributed by atoms with van der Waals surface area (Å²) in [4.78, 5) is 0. The minimum atomic E-state index is 1.06. The zero-order valence-electron chi connectivity index (χ0n) is 9.47. The molecule has 83 valence electrons. The summed E-state index contributed by atoms with van der Waals surface area (Å²) in [6, 6.07) is 10.7. The van der Waals surface area contributed by atoms with Gasteiger partial charge in [0.15, 0.2) is 0 Å². The van der Waals surface area contributed by atoms with Crippen LogP contribution >= 0.6 is 0 Å². The van der Waals surface area contributed by atoms with Gasteiger partial charge in [-0.1, -0.05) is 36.8 Å². The fraction of sp³-hybridized carbons (Fsp3) is 0.357. The average Bonchev–Trinajstić information content (AvgIpc) is 2.83. The van der Waals surface area contributed by atoms with Gasteiger partial charge in [-0.05, 0) is 37.3 Å². The maximum absolute atomic E-state index is 4.02. The van der Waals surface area contributed by atoms with Crippen molar-refractivity contribution in [1.82, 2.24) is 5.43 Å². The molecule has 16 heavy (non-hydrogen) atoms. The van der Waals surface area contributed by atoms with E-state index < -0.39 is 0 Å². The highest BCUT2D eigenvalue weighted by atomic mass is 15.3. The second-order valence-corrected chi connectivity index (χ2v) is 4.07. The van der Waals surface area contributed by atoms with Crippen LogP contribution < -0.4 is 5.43 Å². The van der Waals surface area contributed by atoms with E-state index in [9.17, 15) is 0 Å². The summed E-state index contributed by atoms with van der Waals surface area (Å²) in [5, 5.41) is 4.02. The normalized spacial score (nSPS) is 13.6. The molecule has 0 bridgehead atoms. The van der Waals surface area contributed by atoms with Crippen molar-refractivity contribution in [1.29, 1.82) is 0 Å². The smallest absolute Gasteiger partial charge is 0.0646 e. The van der Waals surface area contributed by atoms with E-state index in [2.05, 4.69) is 40.9 Å². The molecule has 1 aromatic carbocycles. The Morgan fingerprint density at radius 2 is 1.69 bits per heavy atom. The zero-order valence-corrected chi connectivity index (χ0v) is 9.47. The monoisotopic (exact) mass is 213 g/mol. The highest BCUT2D eigenvalue weighted by Crippen LogP contribution is 2.09. The van der Waals surface area contributed by atoms with Gasteiger partial charge in [0, 0.05) is 0 Å². The first-order valence-electron chi connectivity index (χ1n) is 5.92. The van der Waals surface area contributed by atoms with Gasteiger partial charge in [-0.15, -0.1) is 0 Å². The molecule has 0 unspecified atom stereocenters. The number of benzene rings is 1. The van der Waals surface area contributed by atoms with Gasteiger partial charge in [-0.25, -0.2) is 0 Å². The van der Waals surface area contributed by atoms with Gasteiger partial charge in [0.05, 0.1) is 11.9 Å². The molecule has 0 fully saturated rings. The second kappa shape index (κ2) is 6.11. The van der Waals surface area contributed by atoms with E-state index in [4.69, 9.17) is 0 Å². The Bertz CT molecular complexity index is 366. The molecule has 1 aromatic rings. The van der Waals surface area contributed by atoms with Crippen LogP contribution in [0.15, 0.2) is 47.7 Å². The summed E-state index contributed by atoms with van der Waals surface area (Å²) < 4.78 is 0. The minimum absolute atomic E-state index is 1.06. The fourth-order valence-electron chi connectivity index (χ4n) is 1.85. The van der Waals surface area contributed by atoms with Crippen molar-refractivity contribution in [3.8, 4) is 0 Å². The standard InChI is InChI=1S/C14H17N2/c1-3-7-13(8-4-1)9-5-2-6-10-14-11-12-15-16-14/h1,3-4,7-8,11-12H,2,5-6,9-10H2. The Morgan fingerprint density at radius 3 is 2.44 bits per heavy atom. The molecule has 0 atom stereocenters. The van der Waals surface area contributed by atoms with E-state index in [1.54, 1.807) is 6.20 Å². The number of nitrogens with zero attached hydrogens (tertiary/aromatic N) is 2. The van der Waals surface area contributed by atoms with Crippen LogP contribution in [0.25, 0.3) is 0 Å². The number of unbranched alkanes of at least 4 members (excludes halogenated alkanes) is 2. The topological polar surface area (TPSA) is 26.5 Å². The zero-order chi connectivity index (χ0) is 11.1. The molecule has 1 aliphatic rings. The quantitative estimate of drug-likeness (QED) is 0.648. The van der Waals surface area contributed by atoms with Crippen LogP contribution in [0.1, 0.15) is 31.2 Å². The highest BCUT2D eigenvalue weighted by molar-refractivity contribution is 5.95. The first-order valence-corrected chi connectivity index (χ1v) is 5.92. The fourth-order valence-corrected chi connectivity index (χ4v) is 1.85. The summed E-state index contributed by atoms with van der Waals surface area (Å²) in [6.45, 7) is 0. The molecule has 2 nitrogen and oxygen atoms in total. The van der Waals surface area contributed by atoms with Crippen LogP contribution in [0.4, 0.5) is 0 Å². The lowest BCUT2D eigenvalue weighted by Gasteiger charge is -2.01. The molecular weight excluding hydrogens is 196 g/mol. The Morgan fingerprint density at radius 1 is 0.875 bits per heavy atom. The maximum atomic E-state index is 4.02. The summed E-state index contributed by atoms with van der Waals surface area (Å²) >= 11 is 0. The summed E-state index contributed by atoms with van der Waals surface area (Å²) in [5.41, 5.74) is 6.38. The predicted molar refractivity (Wildman–Crippen MR) is 67.3 cm³/mol. The molecule has 0 saturated carbocycles. The van der Waals surface area contributed by atoms with Crippen LogP contribution in [0.3, 0.4) is 0 Å². The van der Waals surface area contributed by atoms with E-state index in [1.165, 1.54) is 31.2 Å². The summed E-state index contributed by atoms with van der Waals surface area (Å²) in [5.74, 6) is 0. The van der Waals surface area contributed by atoms with Crippen molar-refractivity contribution >= 4 is 5.71 Å². The maximum Gasteiger partial charge on any atom is 0.0646 e. The van der Waals surface area contributed by atoms with Gasteiger partial charge in [-0.2, -0.15) is 10.5 Å². The molecule has 0 N–H and O–H groups in total. The second-order valence-electron chi connectivity index (χ2n) is 4.07. The lowest BCUT2D eigenvalue weighted by Crippen LogP contribution is -1.92.